The lowest BCUT2D eigenvalue weighted by molar-refractivity contribution is -0.138. The van der Waals surface area contributed by atoms with Gasteiger partial charge in [0.1, 0.15) is 6.04 Å². The van der Waals surface area contributed by atoms with Crippen LogP contribution in [0.25, 0.3) is 0 Å². The van der Waals surface area contributed by atoms with Crippen LogP contribution >= 0.6 is 11.8 Å². The zero-order valence-corrected chi connectivity index (χ0v) is 50.4. The maximum Gasteiger partial charge on any atom is 0.303 e. The fourth-order valence-electron chi connectivity index (χ4n) is 9.85. The highest BCUT2D eigenvalue weighted by atomic mass is 32.2. The molecule has 15 nitrogen and oxygen atoms in total. The van der Waals surface area contributed by atoms with Crippen LogP contribution in [0, 0.1) is 5.92 Å². The van der Waals surface area contributed by atoms with Crippen LogP contribution in [-0.4, -0.2) is 130 Å². The van der Waals surface area contributed by atoms with E-state index in [2.05, 4.69) is 22.9 Å². The van der Waals surface area contributed by atoms with Gasteiger partial charge in [0.25, 0.3) is 0 Å². The third-order valence-corrected chi connectivity index (χ3v) is 15.9. The van der Waals surface area contributed by atoms with E-state index in [4.69, 9.17) is 33.9 Å². The molecule has 1 aliphatic rings. The number of unbranched alkanes of at least 4 members (excludes halogenated alkanes) is 29. The lowest BCUT2D eigenvalue weighted by Gasteiger charge is -2.21. The molecule has 2 atom stereocenters. The van der Waals surface area contributed by atoms with Gasteiger partial charge in [-0.25, -0.2) is 0 Å². The van der Waals surface area contributed by atoms with E-state index in [1.165, 1.54) is 161 Å². The molecule has 0 aromatic heterocycles. The van der Waals surface area contributed by atoms with Gasteiger partial charge < -0.3 is 49.8 Å². The Kier molecular flexibility index (Phi) is 54.4. The SMILES string of the molecule is CCCCCCCCCCCCCCCC(=O)N[C@@H](CSC[C@H](CCCCCCCCCCCCC(=O)O)CCCCCCCCCCCC(=O)O)C(=O)NCCCOCCOCCOCCCNC(=O)CCC1OCCO1. The van der Waals surface area contributed by atoms with Gasteiger partial charge in [-0.2, -0.15) is 11.8 Å². The predicted molar refractivity (Wildman–Crippen MR) is 317 cm³/mol. The first-order chi connectivity index (χ1) is 38.2. The van der Waals surface area contributed by atoms with E-state index in [1.807, 2.05) is 11.8 Å². The molecule has 0 bridgehead atoms. The van der Waals surface area contributed by atoms with E-state index in [9.17, 15) is 24.0 Å². The fraction of sp³-hybridized carbons (Fsp3) is 0.919. The van der Waals surface area contributed by atoms with Crippen molar-refractivity contribution in [1.29, 1.82) is 0 Å². The summed E-state index contributed by atoms with van der Waals surface area (Å²) in [7, 11) is 0. The first kappa shape index (κ1) is 73.5. The summed E-state index contributed by atoms with van der Waals surface area (Å²) in [5.41, 5.74) is 0. The van der Waals surface area contributed by atoms with Gasteiger partial charge in [0.05, 0.1) is 39.6 Å². The topological polar surface area (TPSA) is 208 Å². The Balaban J connectivity index is 2.53. The van der Waals surface area contributed by atoms with Crippen LogP contribution in [0.3, 0.4) is 0 Å². The highest BCUT2D eigenvalue weighted by molar-refractivity contribution is 7.99. The van der Waals surface area contributed by atoms with Crippen molar-refractivity contribution in [3.05, 3.63) is 0 Å². The normalized spacial score (nSPS) is 13.4. The average molecular weight is 1130 g/mol. The molecule has 0 spiro atoms. The highest BCUT2D eigenvalue weighted by Gasteiger charge is 2.22. The lowest BCUT2D eigenvalue weighted by Crippen LogP contribution is -2.48. The first-order valence-electron chi connectivity index (χ1n) is 32.0. The smallest absolute Gasteiger partial charge is 0.303 e. The summed E-state index contributed by atoms with van der Waals surface area (Å²) in [6.45, 7) is 7.32. The van der Waals surface area contributed by atoms with Crippen molar-refractivity contribution >= 4 is 41.4 Å². The molecule has 458 valence electrons. The second-order valence-corrected chi connectivity index (χ2v) is 23.1. The van der Waals surface area contributed by atoms with Crippen LogP contribution in [0.5, 0.6) is 0 Å². The Morgan fingerprint density at radius 2 is 0.833 bits per heavy atom. The first-order valence-corrected chi connectivity index (χ1v) is 33.2. The van der Waals surface area contributed by atoms with Crippen LogP contribution in [-0.2, 0) is 47.7 Å². The quantitative estimate of drug-likeness (QED) is 0.0360. The number of rotatable bonds is 62. The van der Waals surface area contributed by atoms with Crippen LogP contribution in [0.15, 0.2) is 0 Å². The molecule has 78 heavy (non-hydrogen) atoms. The number of ether oxygens (including phenoxy) is 5. The Hall–Kier alpha value is -2.50. The molecule has 1 saturated heterocycles. The van der Waals surface area contributed by atoms with Crippen molar-refractivity contribution in [2.45, 2.75) is 283 Å². The van der Waals surface area contributed by atoms with Crippen LogP contribution < -0.4 is 16.0 Å². The van der Waals surface area contributed by atoms with Gasteiger partial charge in [-0.1, -0.05) is 193 Å². The summed E-state index contributed by atoms with van der Waals surface area (Å²) < 4.78 is 27.8. The molecule has 0 saturated carbocycles. The Bertz CT molecular complexity index is 1390. The number of aliphatic carboxylic acids is 2. The van der Waals surface area contributed by atoms with E-state index in [-0.39, 0.29) is 36.9 Å². The highest BCUT2D eigenvalue weighted by Crippen LogP contribution is 2.24. The third-order valence-electron chi connectivity index (χ3n) is 14.6. The van der Waals surface area contributed by atoms with Crippen molar-refractivity contribution in [3.8, 4) is 0 Å². The van der Waals surface area contributed by atoms with E-state index < -0.39 is 18.0 Å². The van der Waals surface area contributed by atoms with E-state index in [0.29, 0.717) is 103 Å². The zero-order valence-electron chi connectivity index (χ0n) is 49.6. The average Bonchev–Trinajstić information content (AvgIpc) is 3.95. The van der Waals surface area contributed by atoms with Gasteiger partial charge in [-0.15, -0.1) is 0 Å². The van der Waals surface area contributed by atoms with Gasteiger partial charge in [0.2, 0.25) is 17.7 Å². The lowest BCUT2D eigenvalue weighted by atomic mass is 9.95. The van der Waals surface area contributed by atoms with Gasteiger partial charge in [-0.3, -0.25) is 24.0 Å². The number of hydrogen-bond acceptors (Lipinski definition) is 11. The molecule has 1 heterocycles. The molecule has 16 heteroatoms. The molecular weight excluding hydrogens is 1010 g/mol. The Morgan fingerprint density at radius 3 is 1.27 bits per heavy atom. The van der Waals surface area contributed by atoms with Crippen LogP contribution in [0.1, 0.15) is 270 Å². The maximum atomic E-state index is 13.7. The predicted octanol–water partition coefficient (Wildman–Crippen LogP) is 13.7. The Morgan fingerprint density at radius 1 is 0.449 bits per heavy atom. The molecule has 3 amide bonds. The second-order valence-electron chi connectivity index (χ2n) is 22.0. The second kappa shape index (κ2) is 57.7. The van der Waals surface area contributed by atoms with Crippen molar-refractivity contribution in [1.82, 2.24) is 16.0 Å². The van der Waals surface area contributed by atoms with Crippen LogP contribution in [0.4, 0.5) is 0 Å². The van der Waals surface area contributed by atoms with Gasteiger partial charge >= 0.3 is 11.9 Å². The zero-order chi connectivity index (χ0) is 56.5. The molecular formula is C62H117N3O12S. The number of hydrogen-bond donors (Lipinski definition) is 5. The largest absolute Gasteiger partial charge is 0.481 e. The van der Waals surface area contributed by atoms with Gasteiger partial charge in [0, 0.05) is 64.2 Å². The molecule has 0 aromatic carbocycles. The molecule has 5 N–H and O–H groups in total. The van der Waals surface area contributed by atoms with Crippen molar-refractivity contribution in [3.63, 3.8) is 0 Å². The van der Waals surface area contributed by atoms with Crippen molar-refractivity contribution < 1.29 is 57.9 Å². The number of nitrogens with one attached hydrogen (secondary N) is 3. The number of carbonyl (C=O) groups is 5. The van der Waals surface area contributed by atoms with Gasteiger partial charge in [0.15, 0.2) is 6.29 Å². The minimum Gasteiger partial charge on any atom is -0.481 e. The summed E-state index contributed by atoms with van der Waals surface area (Å²) in [5, 5.41) is 26.9. The Labute approximate surface area is 479 Å². The standard InChI is InChI=1S/C62H117N3O12S/c1-2-3-4-5-6-7-8-9-10-16-21-26-31-38-58(67)65-56(62(72)64-44-35-46-74-48-50-75-49-47-73-45-34-43-63-57(66)41-42-61-76-51-52-77-61)54-78-53-55(37-30-25-20-15-13-18-23-28-33-40-60(70)71)36-29-24-19-14-11-12-17-22-27-32-39-59(68)69/h55-56,61H,2-54H2,1H3,(H,63,66)(H,64,72)(H,65,67)(H,68,69)(H,70,71)/t55-,56+/m1/s1. The summed E-state index contributed by atoms with van der Waals surface area (Å²) >= 11 is 1.81. The molecule has 0 aromatic rings. The minimum absolute atomic E-state index is 0.00975. The summed E-state index contributed by atoms with van der Waals surface area (Å²) in [4.78, 5) is 60.5. The van der Waals surface area contributed by atoms with E-state index >= 15 is 0 Å². The molecule has 0 aliphatic carbocycles. The van der Waals surface area contributed by atoms with Gasteiger partial charge in [-0.05, 0) is 56.6 Å². The number of carboxylic acids is 2. The minimum atomic E-state index is -0.702. The van der Waals surface area contributed by atoms with E-state index in [1.54, 1.807) is 0 Å². The summed E-state index contributed by atoms with van der Waals surface area (Å²) in [5.74, 6) is 0.525. The van der Waals surface area contributed by atoms with Crippen molar-refractivity contribution in [2.75, 3.05) is 77.5 Å². The maximum absolute atomic E-state index is 13.7. The monoisotopic (exact) mass is 1130 g/mol. The molecule has 1 fully saturated rings. The summed E-state index contributed by atoms with van der Waals surface area (Å²) in [6, 6.07) is -0.584. The van der Waals surface area contributed by atoms with E-state index in [0.717, 1.165) is 70.0 Å². The third kappa shape index (κ3) is 52.8. The molecule has 0 unspecified atom stereocenters. The molecule has 1 rings (SSSR count). The molecule has 1 aliphatic heterocycles. The van der Waals surface area contributed by atoms with Crippen molar-refractivity contribution in [2.24, 2.45) is 5.92 Å². The number of carboxylic acid groups (broad SMARTS) is 2. The fourth-order valence-corrected chi connectivity index (χ4v) is 11.1. The number of thioether (sulfide) groups is 1. The van der Waals surface area contributed by atoms with Crippen LogP contribution in [0.2, 0.25) is 0 Å². The number of carbonyl (C=O) groups excluding carboxylic acids is 3. The number of amides is 3. The molecule has 0 radical (unpaired) electrons. The summed E-state index contributed by atoms with van der Waals surface area (Å²) in [6.07, 6.45) is 43.4.